The number of unbranched alkanes of at least 4 members (excludes halogenated alkanes) is 1. The molecule has 0 amide bonds. The van der Waals surface area contributed by atoms with E-state index in [1.807, 2.05) is 46.7 Å². The molecule has 0 heterocycles. The number of likely N-dealkylation sites (N-methyl/N-ethyl adjacent to an activating group) is 1. The predicted octanol–water partition coefficient (Wildman–Crippen LogP) is 4.03. The van der Waals surface area contributed by atoms with Gasteiger partial charge in [0, 0.05) is 44.0 Å². The Morgan fingerprint density at radius 2 is 1.02 bits per heavy atom. The maximum Gasteiger partial charge on any atom is 0.330 e. The summed E-state index contributed by atoms with van der Waals surface area (Å²) in [7, 11) is 6.74. The minimum absolute atomic E-state index is 0.258. The van der Waals surface area contributed by atoms with Gasteiger partial charge in [-0.1, -0.05) is 46.2 Å². The Balaban J connectivity index is -0.000000155. The van der Waals surface area contributed by atoms with Crippen LogP contribution in [0, 0.1) is 0 Å². The molecule has 0 aliphatic heterocycles. The van der Waals surface area contributed by atoms with Gasteiger partial charge >= 0.3 is 29.8 Å². The SMILES string of the molecule is C=CC(=O)OC.C=CC(=O)OC(C)(C)C.C=CC(=O)OCCCC.C=CC(=O)OCCN(C)C.C=CC(=O)OCCOCCOC. The molecule has 0 unspecified atom stereocenters. The number of esters is 5. The van der Waals surface area contributed by atoms with Gasteiger partial charge in [-0.3, -0.25) is 0 Å². The van der Waals surface area contributed by atoms with Crippen LogP contribution in [0.15, 0.2) is 63.3 Å². The molecule has 0 fully saturated rings. The van der Waals surface area contributed by atoms with E-state index in [0.717, 1.165) is 43.7 Å². The molecule has 0 aliphatic rings. The molecule has 0 saturated carbocycles. The normalized spacial score (nSPS) is 9.15. The lowest BCUT2D eigenvalue weighted by molar-refractivity contribution is -0.148. The molecule has 0 aromatic carbocycles. The maximum atomic E-state index is 10.5. The van der Waals surface area contributed by atoms with Crippen LogP contribution in [0.25, 0.3) is 0 Å². The van der Waals surface area contributed by atoms with Gasteiger partial charge in [-0.05, 0) is 41.3 Å². The molecule has 0 rings (SSSR count). The summed E-state index contributed by atoms with van der Waals surface area (Å²) in [5.74, 6) is -1.88. The van der Waals surface area contributed by atoms with Crippen molar-refractivity contribution in [1.82, 2.24) is 4.90 Å². The monoisotopic (exact) mass is 659 g/mol. The van der Waals surface area contributed by atoms with Crippen LogP contribution in [0.1, 0.15) is 40.5 Å². The largest absolute Gasteiger partial charge is 0.466 e. The van der Waals surface area contributed by atoms with E-state index in [-0.39, 0.29) is 24.5 Å². The molecule has 0 bridgehead atoms. The number of nitrogens with zero attached hydrogens (tertiary/aromatic N) is 1. The first-order valence-corrected chi connectivity index (χ1v) is 14.2. The topological polar surface area (TPSA) is 153 Å². The van der Waals surface area contributed by atoms with E-state index < -0.39 is 17.5 Å². The second-order valence-corrected chi connectivity index (χ2v) is 9.34. The fourth-order valence-corrected chi connectivity index (χ4v) is 1.69. The maximum absolute atomic E-state index is 10.5. The fourth-order valence-electron chi connectivity index (χ4n) is 1.69. The Labute approximate surface area is 275 Å². The van der Waals surface area contributed by atoms with Crippen molar-refractivity contribution in [2.24, 2.45) is 0 Å². The lowest BCUT2D eigenvalue weighted by Crippen LogP contribution is -2.22. The number of ether oxygens (including phenoxy) is 7. The zero-order valence-corrected chi connectivity index (χ0v) is 29.1. The van der Waals surface area contributed by atoms with E-state index in [0.29, 0.717) is 33.0 Å². The lowest BCUT2D eigenvalue weighted by Gasteiger charge is -2.17. The summed E-state index contributed by atoms with van der Waals surface area (Å²) in [6, 6.07) is 0. The molecule has 0 spiro atoms. The molecular weight excluding hydrogens is 602 g/mol. The Morgan fingerprint density at radius 3 is 1.33 bits per heavy atom. The number of carbonyl (C=O) groups excluding carboxylic acids is 5. The highest BCUT2D eigenvalue weighted by atomic mass is 16.6. The van der Waals surface area contributed by atoms with Gasteiger partial charge in [-0.25, -0.2) is 24.0 Å². The third-order valence-corrected chi connectivity index (χ3v) is 3.87. The number of rotatable bonds is 17. The highest BCUT2D eigenvalue weighted by molar-refractivity contribution is 5.82. The van der Waals surface area contributed by atoms with Gasteiger partial charge in [0.1, 0.15) is 18.8 Å². The molecule has 0 aromatic rings. The standard InChI is InChI=1S/C8H14O4.C7H13NO2.2C7H12O2.C4H6O2/c1-3-8(9)12-7-6-11-5-4-10-2;1-4-7(9)10-6-5-8(2)3;1-5-6(8)9-7(2,3)4;1-3-5-6-9-7(8)4-2;1-3-4(5)6-2/h3H,1,4-7H2,2H3;4H,1,5-6H2,2-3H3;5H,1H2,2-4H3;4H,2-3,5-6H2,1H3;3H,1H2,2H3. The van der Waals surface area contributed by atoms with E-state index in [9.17, 15) is 24.0 Å². The second-order valence-electron chi connectivity index (χ2n) is 9.34. The van der Waals surface area contributed by atoms with E-state index >= 15 is 0 Å². The average molecular weight is 660 g/mol. The van der Waals surface area contributed by atoms with Crippen molar-refractivity contribution in [3.05, 3.63) is 63.3 Å². The first kappa shape index (κ1) is 51.5. The number of carbonyl (C=O) groups is 5. The minimum Gasteiger partial charge on any atom is -0.466 e. The average Bonchev–Trinajstić information content (AvgIpc) is 3.02. The van der Waals surface area contributed by atoms with E-state index in [1.165, 1.54) is 13.2 Å². The predicted molar refractivity (Wildman–Crippen MR) is 178 cm³/mol. The summed E-state index contributed by atoms with van der Waals surface area (Å²) in [6.45, 7) is 27.1. The zero-order chi connectivity index (χ0) is 36.8. The summed E-state index contributed by atoms with van der Waals surface area (Å²) in [6.07, 6.45) is 7.70. The number of hydrogen-bond donors (Lipinski definition) is 0. The van der Waals surface area contributed by atoms with E-state index in [4.69, 9.17) is 18.9 Å². The molecule has 0 aliphatic carbocycles. The van der Waals surface area contributed by atoms with Crippen LogP contribution in [0.3, 0.4) is 0 Å². The van der Waals surface area contributed by atoms with Gasteiger partial charge in [0.15, 0.2) is 0 Å². The Morgan fingerprint density at radius 1 is 0.609 bits per heavy atom. The summed E-state index contributed by atoms with van der Waals surface area (Å²) < 4.78 is 32.8. The van der Waals surface area contributed by atoms with Crippen LogP contribution >= 0.6 is 0 Å². The molecule has 13 nitrogen and oxygen atoms in total. The quantitative estimate of drug-likeness (QED) is 0.0957. The number of hydrogen-bond acceptors (Lipinski definition) is 13. The number of methoxy groups -OCH3 is 2. The van der Waals surface area contributed by atoms with Crippen molar-refractivity contribution in [2.75, 3.05) is 74.5 Å². The third-order valence-electron chi connectivity index (χ3n) is 3.87. The van der Waals surface area contributed by atoms with Crippen LogP contribution in [0.4, 0.5) is 0 Å². The van der Waals surface area contributed by atoms with Gasteiger partial charge in [0.2, 0.25) is 0 Å². The van der Waals surface area contributed by atoms with Crippen molar-refractivity contribution in [3.63, 3.8) is 0 Å². The fraction of sp³-hybridized carbons (Fsp3) is 0.545. The molecule has 0 saturated heterocycles. The molecule has 13 heteroatoms. The molecule has 0 N–H and O–H groups in total. The van der Waals surface area contributed by atoms with Crippen LogP contribution < -0.4 is 0 Å². The van der Waals surface area contributed by atoms with Gasteiger partial charge in [-0.15, -0.1) is 0 Å². The van der Waals surface area contributed by atoms with Gasteiger partial charge in [0.25, 0.3) is 0 Å². The Bertz CT molecular complexity index is 861. The van der Waals surface area contributed by atoms with Crippen LogP contribution in [0.2, 0.25) is 0 Å². The molecule has 0 aromatic heterocycles. The summed E-state index contributed by atoms with van der Waals surface area (Å²) in [5.41, 5.74) is -0.398. The van der Waals surface area contributed by atoms with Crippen LogP contribution in [-0.4, -0.2) is 115 Å². The molecule has 0 atom stereocenters. The first-order valence-electron chi connectivity index (χ1n) is 14.2. The molecule has 266 valence electrons. The highest BCUT2D eigenvalue weighted by Gasteiger charge is 2.12. The zero-order valence-electron chi connectivity index (χ0n) is 29.1. The second kappa shape index (κ2) is 39.0. The van der Waals surface area contributed by atoms with Crippen LogP contribution in [-0.2, 0) is 57.1 Å². The van der Waals surface area contributed by atoms with Crippen molar-refractivity contribution < 1.29 is 57.1 Å². The van der Waals surface area contributed by atoms with Crippen molar-refractivity contribution in [3.8, 4) is 0 Å². The smallest absolute Gasteiger partial charge is 0.330 e. The molecule has 46 heavy (non-hydrogen) atoms. The first-order chi connectivity index (χ1) is 21.5. The Kier molecular flexibility index (Phi) is 43.6. The third kappa shape index (κ3) is 59.4. The van der Waals surface area contributed by atoms with Crippen molar-refractivity contribution >= 4 is 29.8 Å². The van der Waals surface area contributed by atoms with Crippen molar-refractivity contribution in [2.45, 2.75) is 46.1 Å². The molecular formula is C33H57NO12. The summed E-state index contributed by atoms with van der Waals surface area (Å²) in [5, 5.41) is 0. The van der Waals surface area contributed by atoms with Gasteiger partial charge in [0.05, 0.1) is 33.5 Å². The molecule has 0 radical (unpaired) electrons. The van der Waals surface area contributed by atoms with E-state index in [1.54, 1.807) is 7.11 Å². The van der Waals surface area contributed by atoms with Crippen molar-refractivity contribution in [1.29, 1.82) is 0 Å². The van der Waals surface area contributed by atoms with E-state index in [2.05, 4.69) is 47.1 Å². The lowest BCUT2D eigenvalue weighted by atomic mass is 10.2. The minimum atomic E-state index is -0.426. The van der Waals surface area contributed by atoms with Crippen LogP contribution in [0.5, 0.6) is 0 Å². The Hall–Kier alpha value is -4.07. The van der Waals surface area contributed by atoms with Gasteiger partial charge in [-0.2, -0.15) is 0 Å². The highest BCUT2D eigenvalue weighted by Crippen LogP contribution is 2.06. The van der Waals surface area contributed by atoms with Gasteiger partial charge < -0.3 is 38.1 Å². The summed E-state index contributed by atoms with van der Waals surface area (Å²) in [4.78, 5) is 53.5. The summed E-state index contributed by atoms with van der Waals surface area (Å²) >= 11 is 0.